The van der Waals surface area contributed by atoms with Gasteiger partial charge in [-0.25, -0.2) is 0 Å². The van der Waals surface area contributed by atoms with E-state index in [-0.39, 0.29) is 22.4 Å². The van der Waals surface area contributed by atoms with Gasteiger partial charge < -0.3 is 25.2 Å². The van der Waals surface area contributed by atoms with E-state index < -0.39 is 5.91 Å². The van der Waals surface area contributed by atoms with E-state index in [4.69, 9.17) is 11.6 Å². The van der Waals surface area contributed by atoms with Crippen LogP contribution in [0.2, 0.25) is 5.15 Å². The first-order valence-corrected chi connectivity index (χ1v) is 14.2. The highest BCUT2D eigenvalue weighted by Crippen LogP contribution is 2.29. The standard InChI is InChI=1S/C32H30ClN7O3/c1-38-12-14-40(15-13-38)24-9-7-22(8-10-24)34-18-26-25-11-6-21(17-28(25)37-31(26)42)29(41)20-4-3-5-23(16-20)36-32(43)27-19-35-39(2)30(27)33/h3-11,16-19,37,42H,12-15H2,1-2H3,(H,36,43). The molecule has 1 aliphatic heterocycles. The SMILES string of the molecule is CN1CCN(c2ccc(N=Cc3c(O)[nH]c4cc(C(=O)c5cccc(NC(=O)c6cnn(C)c6Cl)c5)ccc34)cc2)CC1. The number of benzene rings is 3. The van der Waals surface area contributed by atoms with Crippen LogP contribution in [0.15, 0.2) is 77.9 Å². The molecule has 0 unspecified atom stereocenters. The van der Waals surface area contributed by atoms with E-state index in [1.54, 1.807) is 55.7 Å². The zero-order valence-electron chi connectivity index (χ0n) is 23.7. The largest absolute Gasteiger partial charge is 0.494 e. The third-order valence-electron chi connectivity index (χ3n) is 7.63. The number of aromatic hydroxyl groups is 1. The number of aromatic amines is 1. The Morgan fingerprint density at radius 3 is 2.47 bits per heavy atom. The van der Waals surface area contributed by atoms with Crippen LogP contribution in [-0.4, -0.2) is 75.9 Å². The lowest BCUT2D eigenvalue weighted by molar-refractivity contribution is 0.102. The molecule has 2 aromatic heterocycles. The van der Waals surface area contributed by atoms with Gasteiger partial charge in [-0.2, -0.15) is 5.10 Å². The number of aryl methyl sites for hydroxylation is 1. The van der Waals surface area contributed by atoms with Crippen LogP contribution < -0.4 is 10.2 Å². The van der Waals surface area contributed by atoms with Crippen molar-refractivity contribution in [3.8, 4) is 5.88 Å². The van der Waals surface area contributed by atoms with Gasteiger partial charge in [0, 0.05) is 72.8 Å². The highest BCUT2D eigenvalue weighted by Gasteiger charge is 2.18. The van der Waals surface area contributed by atoms with E-state index in [9.17, 15) is 14.7 Å². The first kappa shape index (κ1) is 28.2. The lowest BCUT2D eigenvalue weighted by atomic mass is 10.0. The van der Waals surface area contributed by atoms with Crippen LogP contribution in [0.25, 0.3) is 10.9 Å². The number of hydrogen-bond acceptors (Lipinski definition) is 7. The maximum atomic E-state index is 13.4. The number of H-pyrrole nitrogens is 1. The summed E-state index contributed by atoms with van der Waals surface area (Å²) < 4.78 is 1.40. The monoisotopic (exact) mass is 595 g/mol. The Bertz CT molecular complexity index is 1850. The number of hydrogen-bond donors (Lipinski definition) is 3. The van der Waals surface area contributed by atoms with Crippen LogP contribution in [0.3, 0.4) is 0 Å². The molecule has 0 aliphatic carbocycles. The minimum absolute atomic E-state index is 0.0313. The number of ketones is 1. The average molecular weight is 596 g/mol. The van der Waals surface area contributed by atoms with Crippen LogP contribution >= 0.6 is 11.6 Å². The summed E-state index contributed by atoms with van der Waals surface area (Å²) >= 11 is 6.13. The van der Waals surface area contributed by atoms with Crippen LogP contribution in [-0.2, 0) is 7.05 Å². The lowest BCUT2D eigenvalue weighted by Gasteiger charge is -2.34. The zero-order valence-corrected chi connectivity index (χ0v) is 24.5. The quantitative estimate of drug-likeness (QED) is 0.175. The molecule has 43 heavy (non-hydrogen) atoms. The second kappa shape index (κ2) is 11.7. The van der Waals surface area contributed by atoms with Gasteiger partial charge in [0.25, 0.3) is 5.91 Å². The molecule has 6 rings (SSSR count). The first-order chi connectivity index (χ1) is 20.8. The molecule has 11 heteroatoms. The molecule has 0 spiro atoms. The topological polar surface area (TPSA) is 119 Å². The summed E-state index contributed by atoms with van der Waals surface area (Å²) in [6.07, 6.45) is 3.01. The smallest absolute Gasteiger partial charge is 0.260 e. The van der Waals surface area contributed by atoms with E-state index in [0.717, 1.165) is 37.3 Å². The molecule has 0 bridgehead atoms. The molecule has 3 heterocycles. The van der Waals surface area contributed by atoms with Crippen molar-refractivity contribution in [1.82, 2.24) is 19.7 Å². The van der Waals surface area contributed by atoms with Gasteiger partial charge >= 0.3 is 0 Å². The molecule has 1 aliphatic rings. The molecule has 1 saturated heterocycles. The Balaban J connectivity index is 1.17. The van der Waals surface area contributed by atoms with Crippen LogP contribution in [0.5, 0.6) is 5.88 Å². The summed E-state index contributed by atoms with van der Waals surface area (Å²) in [6.45, 7) is 4.08. The summed E-state index contributed by atoms with van der Waals surface area (Å²) in [5.41, 5.74) is 4.59. The molecule has 1 amide bonds. The van der Waals surface area contributed by atoms with Gasteiger partial charge in [-0.15, -0.1) is 0 Å². The first-order valence-electron chi connectivity index (χ1n) is 13.8. The maximum Gasteiger partial charge on any atom is 0.260 e. The number of carbonyl (C=O) groups is 2. The normalized spacial score (nSPS) is 14.1. The number of aromatic nitrogens is 3. The fourth-order valence-electron chi connectivity index (χ4n) is 5.11. The number of halogens is 1. The van der Waals surface area contributed by atoms with Crippen LogP contribution in [0, 0.1) is 0 Å². The van der Waals surface area contributed by atoms with Crippen LogP contribution in [0.1, 0.15) is 31.8 Å². The highest BCUT2D eigenvalue weighted by atomic mass is 35.5. The van der Waals surface area contributed by atoms with Crippen molar-refractivity contribution in [3.63, 3.8) is 0 Å². The second-order valence-electron chi connectivity index (χ2n) is 10.5. The van der Waals surface area contributed by atoms with Gasteiger partial charge in [-0.05, 0) is 49.5 Å². The van der Waals surface area contributed by atoms with Crippen molar-refractivity contribution in [2.45, 2.75) is 0 Å². The minimum atomic E-state index is -0.425. The number of amides is 1. The third-order valence-corrected chi connectivity index (χ3v) is 8.08. The Morgan fingerprint density at radius 1 is 1.00 bits per heavy atom. The summed E-state index contributed by atoms with van der Waals surface area (Å²) in [7, 11) is 3.78. The van der Waals surface area contributed by atoms with Crippen molar-refractivity contribution in [1.29, 1.82) is 0 Å². The number of nitrogens with one attached hydrogen (secondary N) is 2. The van der Waals surface area contributed by atoms with Crippen molar-refractivity contribution < 1.29 is 14.7 Å². The highest BCUT2D eigenvalue weighted by molar-refractivity contribution is 6.33. The minimum Gasteiger partial charge on any atom is -0.494 e. The molecule has 0 atom stereocenters. The fourth-order valence-corrected chi connectivity index (χ4v) is 5.29. The zero-order chi connectivity index (χ0) is 30.1. The van der Waals surface area contributed by atoms with E-state index in [0.29, 0.717) is 27.9 Å². The molecule has 5 aromatic rings. The molecular formula is C32H30ClN7O3. The van der Waals surface area contributed by atoms with E-state index in [2.05, 4.69) is 49.4 Å². The van der Waals surface area contributed by atoms with Gasteiger partial charge in [-0.1, -0.05) is 35.9 Å². The number of piperazine rings is 1. The van der Waals surface area contributed by atoms with Crippen molar-refractivity contribution in [2.75, 3.05) is 43.4 Å². The number of likely N-dealkylation sites (N-methyl/N-ethyl adjacent to an activating group) is 1. The van der Waals surface area contributed by atoms with Gasteiger partial charge in [0.15, 0.2) is 11.7 Å². The van der Waals surface area contributed by atoms with Crippen molar-refractivity contribution in [3.05, 3.63) is 100 Å². The van der Waals surface area contributed by atoms with Gasteiger partial charge in [-0.3, -0.25) is 19.3 Å². The third kappa shape index (κ3) is 5.88. The molecule has 218 valence electrons. The Morgan fingerprint density at radius 2 is 1.74 bits per heavy atom. The fraction of sp³-hybridized carbons (Fsp3) is 0.188. The average Bonchev–Trinajstić information content (AvgIpc) is 3.52. The van der Waals surface area contributed by atoms with Gasteiger partial charge in [0.2, 0.25) is 0 Å². The Hall–Kier alpha value is -4.93. The molecule has 3 aromatic carbocycles. The molecule has 3 N–H and O–H groups in total. The Labute approximate surface area is 253 Å². The second-order valence-corrected chi connectivity index (χ2v) is 10.9. The van der Waals surface area contributed by atoms with Gasteiger partial charge in [0.05, 0.1) is 23.0 Å². The van der Waals surface area contributed by atoms with E-state index in [1.165, 1.54) is 16.6 Å². The summed E-state index contributed by atoms with van der Waals surface area (Å²) in [4.78, 5) is 38.2. The predicted octanol–water partition coefficient (Wildman–Crippen LogP) is 5.25. The molecule has 0 radical (unpaired) electrons. The molecular weight excluding hydrogens is 566 g/mol. The molecule has 1 fully saturated rings. The number of anilines is 2. The number of rotatable bonds is 7. The lowest BCUT2D eigenvalue weighted by Crippen LogP contribution is -2.44. The van der Waals surface area contributed by atoms with E-state index in [1.807, 2.05) is 12.1 Å². The number of aliphatic imine (C=N–C) groups is 1. The maximum absolute atomic E-state index is 13.4. The Kier molecular flexibility index (Phi) is 7.71. The predicted molar refractivity (Wildman–Crippen MR) is 169 cm³/mol. The van der Waals surface area contributed by atoms with Crippen molar-refractivity contribution >= 4 is 57.5 Å². The number of nitrogens with zero attached hydrogens (tertiary/aromatic N) is 5. The molecule has 10 nitrogen and oxygen atoms in total. The van der Waals surface area contributed by atoms with Crippen LogP contribution in [0.4, 0.5) is 17.1 Å². The van der Waals surface area contributed by atoms with Crippen molar-refractivity contribution in [2.24, 2.45) is 12.0 Å². The number of carbonyl (C=O) groups excluding carboxylic acids is 2. The summed E-state index contributed by atoms with van der Waals surface area (Å²) in [5.74, 6) is -0.690. The van der Waals surface area contributed by atoms with E-state index >= 15 is 0 Å². The number of fused-ring (bicyclic) bond motifs is 1. The summed E-state index contributed by atoms with van der Waals surface area (Å²) in [6, 6.07) is 19.9. The summed E-state index contributed by atoms with van der Waals surface area (Å²) in [5, 5.41) is 18.3. The van der Waals surface area contributed by atoms with Gasteiger partial charge in [0.1, 0.15) is 5.15 Å². The molecule has 0 saturated carbocycles.